The third kappa shape index (κ3) is 3.53. The molecular weight excluding hydrogens is 410 g/mol. The molecule has 33 heavy (non-hydrogen) atoms. The molecule has 162 valence electrons. The van der Waals surface area contributed by atoms with Gasteiger partial charge in [0.15, 0.2) is 0 Å². The Bertz CT molecular complexity index is 1540. The van der Waals surface area contributed by atoms with Gasteiger partial charge in [-0.25, -0.2) is 4.98 Å². The van der Waals surface area contributed by atoms with Crippen molar-refractivity contribution in [1.82, 2.24) is 19.7 Å². The normalized spacial score (nSPS) is 13.8. The summed E-state index contributed by atoms with van der Waals surface area (Å²) in [6.07, 6.45) is 4.88. The molecule has 1 aliphatic rings. The first-order chi connectivity index (χ1) is 16.1. The first-order valence-electron chi connectivity index (χ1n) is 11.0. The predicted molar refractivity (Wildman–Crippen MR) is 133 cm³/mol. The van der Waals surface area contributed by atoms with Crippen LogP contribution in [-0.2, 0) is 0 Å². The summed E-state index contributed by atoms with van der Waals surface area (Å²) in [6, 6.07) is 20.7. The number of benzene rings is 2. The van der Waals surface area contributed by atoms with Crippen LogP contribution in [0.4, 0.5) is 0 Å². The number of hydrogen-bond acceptors (Lipinski definition) is 4. The van der Waals surface area contributed by atoms with Crippen LogP contribution in [0.15, 0.2) is 78.0 Å². The van der Waals surface area contributed by atoms with Crippen LogP contribution in [0.25, 0.3) is 39.1 Å². The highest BCUT2D eigenvalue weighted by atomic mass is 15.0. The van der Waals surface area contributed by atoms with E-state index in [9.17, 15) is 0 Å². The van der Waals surface area contributed by atoms with Gasteiger partial charge in [-0.15, -0.1) is 0 Å². The Hall–Kier alpha value is -4.39. The number of aliphatic imine (C=N–C) groups is 1. The monoisotopic (exact) mass is 433 g/mol. The maximum Gasteiger partial charge on any atom is 0.137 e. The highest BCUT2D eigenvalue weighted by Gasteiger charge is 2.11. The lowest BCUT2D eigenvalue weighted by molar-refractivity contribution is 0.742. The SMILES string of the molecule is N=C(N)c1ccc2nc(-c3ccc(-c4cc5ccc(C6=NCCCN6)cc5[nH]4)cc3)cn2c1. The third-order valence-corrected chi connectivity index (χ3v) is 6.05. The number of hydrogen-bond donors (Lipinski definition) is 4. The van der Waals surface area contributed by atoms with E-state index in [0.717, 1.165) is 64.6 Å². The Morgan fingerprint density at radius 3 is 2.55 bits per heavy atom. The summed E-state index contributed by atoms with van der Waals surface area (Å²) in [5.41, 5.74) is 13.4. The van der Waals surface area contributed by atoms with Crippen molar-refractivity contribution in [3.63, 3.8) is 0 Å². The largest absolute Gasteiger partial charge is 0.384 e. The lowest BCUT2D eigenvalue weighted by Crippen LogP contribution is -2.30. The van der Waals surface area contributed by atoms with Crippen molar-refractivity contribution in [2.45, 2.75) is 6.42 Å². The summed E-state index contributed by atoms with van der Waals surface area (Å²) < 4.78 is 1.90. The first kappa shape index (κ1) is 19.3. The van der Waals surface area contributed by atoms with Crippen LogP contribution in [0.2, 0.25) is 0 Å². The van der Waals surface area contributed by atoms with Gasteiger partial charge in [-0.05, 0) is 36.2 Å². The van der Waals surface area contributed by atoms with Crippen molar-refractivity contribution in [3.8, 4) is 22.5 Å². The van der Waals surface area contributed by atoms with E-state index in [2.05, 4.69) is 63.8 Å². The molecule has 0 bridgehead atoms. The molecule has 5 N–H and O–H groups in total. The molecule has 4 heterocycles. The second kappa shape index (κ2) is 7.63. The van der Waals surface area contributed by atoms with Gasteiger partial charge >= 0.3 is 0 Å². The second-order valence-electron chi connectivity index (χ2n) is 8.30. The van der Waals surface area contributed by atoms with Crippen LogP contribution < -0.4 is 11.1 Å². The molecule has 0 aliphatic carbocycles. The Balaban J connectivity index is 1.30. The lowest BCUT2D eigenvalue weighted by atomic mass is 10.1. The zero-order valence-corrected chi connectivity index (χ0v) is 18.0. The van der Waals surface area contributed by atoms with E-state index in [1.54, 1.807) is 0 Å². The molecule has 5 aromatic rings. The molecule has 0 atom stereocenters. The highest BCUT2D eigenvalue weighted by molar-refractivity contribution is 6.02. The first-order valence-corrected chi connectivity index (χ1v) is 11.0. The van der Waals surface area contributed by atoms with Crippen LogP contribution in [0, 0.1) is 5.41 Å². The summed E-state index contributed by atoms with van der Waals surface area (Å²) in [5, 5.41) is 12.2. The van der Waals surface area contributed by atoms with Gasteiger partial charge < -0.3 is 20.4 Å². The van der Waals surface area contributed by atoms with Gasteiger partial charge in [-0.3, -0.25) is 10.4 Å². The zero-order valence-electron chi connectivity index (χ0n) is 18.0. The van der Waals surface area contributed by atoms with Crippen molar-refractivity contribution >= 4 is 28.2 Å². The van der Waals surface area contributed by atoms with E-state index in [1.807, 2.05) is 28.9 Å². The van der Waals surface area contributed by atoms with Gasteiger partial charge in [-0.2, -0.15) is 0 Å². The molecule has 7 heteroatoms. The summed E-state index contributed by atoms with van der Waals surface area (Å²) in [5.74, 6) is 1.02. The van der Waals surface area contributed by atoms with Gasteiger partial charge in [0.25, 0.3) is 0 Å². The maximum atomic E-state index is 7.62. The number of nitrogen functional groups attached to an aromatic ring is 1. The summed E-state index contributed by atoms with van der Waals surface area (Å²) in [6.45, 7) is 1.86. The van der Waals surface area contributed by atoms with E-state index >= 15 is 0 Å². The van der Waals surface area contributed by atoms with E-state index in [1.165, 1.54) is 5.39 Å². The number of aromatic amines is 1. The van der Waals surface area contributed by atoms with E-state index in [-0.39, 0.29) is 5.84 Å². The molecule has 0 unspecified atom stereocenters. The molecule has 0 fully saturated rings. The molecule has 0 spiro atoms. The fraction of sp³-hybridized carbons (Fsp3) is 0.115. The van der Waals surface area contributed by atoms with Gasteiger partial charge in [0.1, 0.15) is 17.3 Å². The van der Waals surface area contributed by atoms with Crippen LogP contribution in [0.1, 0.15) is 17.5 Å². The molecule has 3 aromatic heterocycles. The topological polar surface area (TPSA) is 107 Å². The standard InChI is InChI=1S/C26H23N7/c27-25(28)20-8-9-24-32-23(15-33(24)14-20)17-4-2-16(3-5-17)21-12-18-6-7-19(13-22(18)31-21)26-29-10-1-11-30-26/h2-9,12-15,31H,1,10-11H2,(H3,27,28)(H,29,30). The number of fused-ring (bicyclic) bond motifs is 2. The highest BCUT2D eigenvalue weighted by Crippen LogP contribution is 2.28. The lowest BCUT2D eigenvalue weighted by Gasteiger charge is -2.14. The number of nitrogens with one attached hydrogen (secondary N) is 3. The van der Waals surface area contributed by atoms with Crippen molar-refractivity contribution in [2.24, 2.45) is 10.7 Å². The Morgan fingerprint density at radius 1 is 0.939 bits per heavy atom. The molecule has 0 saturated heterocycles. The number of aromatic nitrogens is 3. The van der Waals surface area contributed by atoms with Crippen molar-refractivity contribution in [1.29, 1.82) is 5.41 Å². The number of nitrogens with zero attached hydrogens (tertiary/aromatic N) is 3. The number of nitrogens with two attached hydrogens (primary N) is 1. The average Bonchev–Trinajstić information content (AvgIpc) is 3.48. The van der Waals surface area contributed by atoms with E-state index in [4.69, 9.17) is 16.1 Å². The maximum absolute atomic E-state index is 7.62. The van der Waals surface area contributed by atoms with Crippen LogP contribution >= 0.6 is 0 Å². The minimum atomic E-state index is 0.0463. The van der Waals surface area contributed by atoms with Crippen molar-refractivity contribution in [2.75, 3.05) is 13.1 Å². The van der Waals surface area contributed by atoms with E-state index in [0.29, 0.717) is 5.56 Å². The fourth-order valence-corrected chi connectivity index (χ4v) is 4.27. The van der Waals surface area contributed by atoms with Crippen LogP contribution in [0.3, 0.4) is 0 Å². The van der Waals surface area contributed by atoms with Gasteiger partial charge in [-0.1, -0.05) is 36.4 Å². The fourth-order valence-electron chi connectivity index (χ4n) is 4.27. The number of pyridine rings is 1. The summed E-state index contributed by atoms with van der Waals surface area (Å²) in [4.78, 5) is 12.9. The number of rotatable bonds is 4. The summed E-state index contributed by atoms with van der Waals surface area (Å²) in [7, 11) is 0. The molecule has 1 aliphatic heterocycles. The van der Waals surface area contributed by atoms with Gasteiger partial charge in [0.05, 0.1) is 5.69 Å². The van der Waals surface area contributed by atoms with E-state index < -0.39 is 0 Å². The zero-order chi connectivity index (χ0) is 22.4. The van der Waals surface area contributed by atoms with Crippen LogP contribution in [-0.4, -0.2) is 39.1 Å². The molecule has 2 aromatic carbocycles. The Morgan fingerprint density at radius 2 is 1.76 bits per heavy atom. The van der Waals surface area contributed by atoms with Crippen molar-refractivity contribution in [3.05, 3.63) is 84.2 Å². The molecule has 0 amide bonds. The summed E-state index contributed by atoms with van der Waals surface area (Å²) >= 11 is 0. The Labute approximate surface area is 190 Å². The van der Waals surface area contributed by atoms with Gasteiger partial charge in [0, 0.05) is 58.8 Å². The Kier molecular flexibility index (Phi) is 4.47. The average molecular weight is 434 g/mol. The molecule has 0 saturated carbocycles. The smallest absolute Gasteiger partial charge is 0.137 e. The predicted octanol–water partition coefficient (Wildman–Crippen LogP) is 4.17. The quantitative estimate of drug-likeness (QED) is 0.252. The van der Waals surface area contributed by atoms with Crippen LogP contribution in [0.5, 0.6) is 0 Å². The number of H-pyrrole nitrogens is 1. The van der Waals surface area contributed by atoms with Gasteiger partial charge in [0.2, 0.25) is 0 Å². The molecule has 0 radical (unpaired) electrons. The molecule has 6 rings (SSSR count). The molecular formula is C26H23N7. The number of amidine groups is 2. The number of imidazole rings is 1. The van der Waals surface area contributed by atoms with Crippen molar-refractivity contribution < 1.29 is 0 Å². The minimum Gasteiger partial charge on any atom is -0.384 e. The second-order valence-corrected chi connectivity index (χ2v) is 8.30. The minimum absolute atomic E-state index is 0.0463. The molecule has 7 nitrogen and oxygen atoms in total. The third-order valence-electron chi connectivity index (χ3n) is 6.05.